The van der Waals surface area contributed by atoms with Crippen LogP contribution >= 0.6 is 23.5 Å². The van der Waals surface area contributed by atoms with Crippen molar-refractivity contribution in [2.24, 2.45) is 5.89 Å². The number of hydrogen-bond acceptors (Lipinski definition) is 10. The number of carbonyl (C=O) groups excluding carboxylic acids is 2. The number of carbonyl (C=O) groups is 2. The van der Waals surface area contributed by atoms with Crippen LogP contribution in [-0.4, -0.2) is 103 Å². The largest absolute Gasteiger partial charge is 0.416 e. The van der Waals surface area contributed by atoms with E-state index in [1.54, 1.807) is 28.8 Å². The topological polar surface area (TPSA) is 117 Å². The fourth-order valence-electron chi connectivity index (χ4n) is 9.90. The van der Waals surface area contributed by atoms with Gasteiger partial charge in [-0.1, -0.05) is 155 Å². The molecule has 0 spiro atoms. The molecule has 1 unspecified atom stereocenters. The predicted octanol–water partition coefficient (Wildman–Crippen LogP) is 14.7. The Kier molecular flexibility index (Phi) is 15.4. The van der Waals surface area contributed by atoms with Crippen molar-refractivity contribution in [3.63, 3.8) is 0 Å². The minimum Gasteiger partial charge on any atom is -0.336 e. The molecule has 0 radical (unpaired) electrons. The van der Waals surface area contributed by atoms with E-state index in [-0.39, 0.29) is 53.6 Å². The highest BCUT2D eigenvalue weighted by molar-refractivity contribution is 7.98. The van der Waals surface area contributed by atoms with Gasteiger partial charge in [-0.2, -0.15) is 36.3 Å². The molecule has 8 aromatic rings. The van der Waals surface area contributed by atoms with E-state index in [1.165, 1.54) is 43.0 Å². The molecule has 0 N–H and O–H groups in total. The van der Waals surface area contributed by atoms with Crippen LogP contribution < -0.4 is 11.1 Å². The van der Waals surface area contributed by atoms with Gasteiger partial charge in [0.25, 0.3) is 11.1 Å². The van der Waals surface area contributed by atoms with Gasteiger partial charge in [0.1, 0.15) is 24.7 Å². The van der Waals surface area contributed by atoms with E-state index in [0.29, 0.717) is 57.7 Å². The van der Waals surface area contributed by atoms with E-state index < -0.39 is 229 Å². The van der Waals surface area contributed by atoms with Gasteiger partial charge in [-0.25, -0.2) is 8.78 Å². The lowest BCUT2D eigenvalue weighted by atomic mass is 10.0. The van der Waals surface area contributed by atoms with Crippen LogP contribution in [0.25, 0.3) is 22.3 Å². The first-order valence-electron chi connectivity index (χ1n) is 41.8. The molecule has 22 heteroatoms. The Morgan fingerprint density at radius 3 is 1.51 bits per heavy atom. The molecule has 95 heavy (non-hydrogen) atoms. The molecule has 2 aromatic heterocycles. The van der Waals surface area contributed by atoms with Gasteiger partial charge >= 0.3 is 12.4 Å². The summed E-state index contributed by atoms with van der Waals surface area (Å²) in [6.07, 6.45) is -14.4. The van der Waals surface area contributed by atoms with Crippen molar-refractivity contribution in [1.82, 2.24) is 38.7 Å². The number of nitrogens with zero attached hydrogens (tertiary/aromatic N) is 8. The number of amides is 2. The summed E-state index contributed by atoms with van der Waals surface area (Å²) in [5.74, 6) is -6.47. The molecule has 0 aliphatic heterocycles. The van der Waals surface area contributed by atoms with Gasteiger partial charge in [-0.3, -0.25) is 19.2 Å². The molecule has 2 amide bonds. The zero-order valence-corrected chi connectivity index (χ0v) is 53.3. The first kappa shape index (κ1) is 44.7. The van der Waals surface area contributed by atoms with Crippen molar-refractivity contribution in [3.05, 3.63) is 234 Å². The van der Waals surface area contributed by atoms with E-state index in [4.69, 9.17) is 34.3 Å². The summed E-state index contributed by atoms with van der Waals surface area (Å²) in [5, 5.41) is -0.303. The third-order valence-corrected chi connectivity index (χ3v) is 16.9. The molecule has 0 saturated carbocycles. The molecule has 6 aromatic carbocycles. The zero-order chi connectivity index (χ0) is 90.1. The Morgan fingerprint density at radius 1 is 0.537 bits per heavy atom. The molecular weight excluding hydrogens is 1270 g/mol. The average molecular weight is 1370 g/mol. The Morgan fingerprint density at radius 2 is 0.989 bits per heavy atom. The third kappa shape index (κ3) is 19.2. The average Bonchev–Trinajstić information content (AvgIpc) is 1.52. The summed E-state index contributed by atoms with van der Waals surface area (Å²) in [6.45, 7) is -7.63. The number of halogens is 8. The van der Waals surface area contributed by atoms with Crippen LogP contribution in [0.15, 0.2) is 165 Å². The summed E-state index contributed by atoms with van der Waals surface area (Å²) < 4.78 is 321. The maximum atomic E-state index is 14.7. The van der Waals surface area contributed by atoms with Gasteiger partial charge in [-0.15, -0.1) is 0 Å². The van der Waals surface area contributed by atoms with Crippen LogP contribution in [-0.2, 0) is 85.2 Å². The number of fused-ring (bicyclic) bond motifs is 2. The predicted molar refractivity (Wildman–Crippen MR) is 358 cm³/mol. The first-order chi connectivity index (χ1) is 55.1. The van der Waals surface area contributed by atoms with Gasteiger partial charge < -0.3 is 28.7 Å². The number of rotatable bonds is 26. The standard InChI is InChI=1S/C37H40F4N4O2S.C36H38F4N4O2S/c1-4-43(5-2)18-19-44(22-26-6-10-28(11-7-26)29-12-14-30(15-13-29)37(39,40)41)34(46)23-45-33-21-25(3)20-32(33)35(47)42-36(45)48-24-27-8-16-31(38)17-9-27;1-3-42(4-2)20-21-43(22-25-8-12-27(13-9-25)28-14-16-29(17-15-28)36(38,39)40)33(45)23-44-32-7-5-6-31(32)34(46)41-35(44)47-24-26-10-18-30(37)19-11-26/h6-17,25H,4-5,18-24H2,1-3H3;8-19H,3-7,20-24H2,1-2H3/i4D2,5D2,6D,7D,10D,11D,12D,13D,14D,15D,20D2,21D2,25D;3D2,4D2,10D,11D,18D,19D. The van der Waals surface area contributed by atoms with Gasteiger partial charge in [0, 0.05) is 91.1 Å². The van der Waals surface area contributed by atoms with Crippen LogP contribution in [0.4, 0.5) is 35.1 Å². The molecule has 2 heterocycles. The second kappa shape index (κ2) is 32.7. The molecule has 12 nitrogen and oxygen atoms in total. The van der Waals surface area contributed by atoms with Gasteiger partial charge in [0.15, 0.2) is 10.3 Å². The van der Waals surface area contributed by atoms with Gasteiger partial charge in [0.2, 0.25) is 11.8 Å². The van der Waals surface area contributed by atoms with Crippen molar-refractivity contribution < 1.29 is 79.0 Å². The molecule has 2 aliphatic carbocycles. The summed E-state index contributed by atoms with van der Waals surface area (Å²) in [7, 11) is 0. The lowest BCUT2D eigenvalue weighted by molar-refractivity contribution is -0.138. The van der Waals surface area contributed by atoms with Crippen molar-refractivity contribution in [3.8, 4) is 22.3 Å². The van der Waals surface area contributed by atoms with E-state index >= 15 is 0 Å². The Labute approximate surface area is 592 Å². The smallest absolute Gasteiger partial charge is 0.336 e. The molecule has 1 atom stereocenters. The SMILES string of the molecule is [2H]c1c([2H])c(-c2c([2H])c([2H])c(C(F)(F)F)c([2H])c2[2H])c([2H])c([2H])c1CN(CCN(C([2H])([2H])C)C([2H])([2H])C)C(=O)Cn1c(SCc2ccc(F)cc2)nc(=O)c2c1C([2H])([2H])C([2H])(C)C2([2H])[2H].[2H]c1c([2H])c(CSc2nc(=O)c3c(n2CC(=O)N(CCN(C([2H])([2H])C)C([2H])([2H])C)Cc2ccc(-c4ccc(C(F)(F)F)cc4)cc2)CCC3)c([2H])c([2H])c1F. The van der Waals surface area contributed by atoms with Gasteiger partial charge in [0.05, 0.1) is 27.6 Å². The third-order valence-electron chi connectivity index (χ3n) is 14.9. The summed E-state index contributed by atoms with van der Waals surface area (Å²) >= 11 is 1.65. The maximum absolute atomic E-state index is 14.7. The molecule has 0 saturated heterocycles. The van der Waals surface area contributed by atoms with E-state index in [0.717, 1.165) is 82.9 Å². The lowest BCUT2D eigenvalue weighted by Gasteiger charge is -2.28. The normalized spacial score (nSPS) is 19.8. The Balaban J connectivity index is 0.000000277. The number of hydrogen-bond donors (Lipinski definition) is 0. The quantitative estimate of drug-likeness (QED) is 0.0295. The van der Waals surface area contributed by atoms with E-state index in [2.05, 4.69) is 9.97 Å². The summed E-state index contributed by atoms with van der Waals surface area (Å²) in [5.41, 5.74) is -5.47. The highest BCUT2D eigenvalue weighted by Gasteiger charge is 2.33. The summed E-state index contributed by atoms with van der Waals surface area (Å²) in [6, 6.07) is 3.85. The number of aromatic nitrogens is 4. The number of thioether (sulfide) groups is 2. The highest BCUT2D eigenvalue weighted by atomic mass is 32.2. The van der Waals surface area contributed by atoms with Crippen LogP contribution in [0.2, 0.25) is 0 Å². The fourth-order valence-corrected chi connectivity index (χ4v) is 11.7. The minimum absolute atomic E-state index is 0.0176. The van der Waals surface area contributed by atoms with Crippen molar-refractivity contribution >= 4 is 35.3 Å². The molecular formula is C73H78F8N8O4S2. The molecule has 10 rings (SSSR count). The monoisotopic (exact) mass is 1370 g/mol. The fraction of sp³-hybridized carbons (Fsp3) is 0.370. The van der Waals surface area contributed by atoms with Crippen LogP contribution in [0, 0.1) is 17.5 Å². The van der Waals surface area contributed by atoms with Crippen molar-refractivity contribution in [2.75, 3.05) is 52.2 Å². The number of likely N-dealkylation sites (N-methyl/N-ethyl adjacent to an activating group) is 2. The number of benzene rings is 6. The van der Waals surface area contributed by atoms with E-state index in [9.17, 15) is 54.3 Å². The molecule has 0 bridgehead atoms. The summed E-state index contributed by atoms with van der Waals surface area (Å²) in [4.78, 5) is 67.8. The van der Waals surface area contributed by atoms with Crippen LogP contribution in [0.5, 0.6) is 0 Å². The van der Waals surface area contributed by atoms with Crippen molar-refractivity contribution in [1.29, 1.82) is 0 Å². The Hall–Kier alpha value is -7.92. The van der Waals surface area contributed by atoms with Crippen LogP contribution in [0.1, 0.15) is 131 Å². The van der Waals surface area contributed by atoms with E-state index in [1.807, 2.05) is 0 Å². The highest BCUT2D eigenvalue weighted by Crippen LogP contribution is 2.35. The number of alkyl halides is 6. The molecule has 0 fully saturated rings. The second-order valence-corrected chi connectivity index (χ2v) is 23.0. The van der Waals surface area contributed by atoms with Gasteiger partial charge in [-0.05, 0) is 157 Å². The molecule has 502 valence electrons. The first-order valence-corrected chi connectivity index (χ1v) is 31.2. The van der Waals surface area contributed by atoms with Crippen LogP contribution in [0.3, 0.4) is 0 Å². The zero-order valence-electron chi connectivity index (χ0n) is 76.7. The lowest BCUT2D eigenvalue weighted by Crippen LogP contribution is -2.40. The maximum Gasteiger partial charge on any atom is 0.416 e. The van der Waals surface area contributed by atoms with Crippen molar-refractivity contribution in [2.45, 2.75) is 127 Å². The second-order valence-electron chi connectivity index (χ2n) is 21.1. The Bertz CT molecular complexity index is 5280. The minimum atomic E-state index is -5.35. The molecule has 2 aliphatic rings.